The highest BCUT2D eigenvalue weighted by molar-refractivity contribution is 5.81. The van der Waals surface area contributed by atoms with Gasteiger partial charge in [0.2, 0.25) is 6.23 Å². The molecule has 0 aromatic rings. The Balaban J connectivity index is 0. The summed E-state index contributed by atoms with van der Waals surface area (Å²) >= 11 is 0. The third-order valence-corrected chi connectivity index (χ3v) is 5.28. The molecule has 0 fully saturated rings. The van der Waals surface area contributed by atoms with E-state index in [-0.39, 0.29) is 29.2 Å². The minimum Gasteiger partial charge on any atom is -1.00 e. The number of ether oxygens (including phenoxy) is 1. The molecular weight excluding hydrogens is 390 g/mol. The van der Waals surface area contributed by atoms with Gasteiger partial charge in [0.25, 0.3) is 0 Å². The zero-order chi connectivity index (χ0) is 19.0. The van der Waals surface area contributed by atoms with Crippen LogP contribution in [-0.2, 0) is 9.53 Å². The van der Waals surface area contributed by atoms with Gasteiger partial charge >= 0.3 is 5.97 Å². The molecule has 0 heterocycles. The van der Waals surface area contributed by atoms with Crippen LogP contribution in [0.4, 0.5) is 0 Å². The van der Waals surface area contributed by atoms with Crippen LogP contribution in [0.2, 0.25) is 0 Å². The largest absolute Gasteiger partial charge is 1.00 e. The third kappa shape index (κ3) is 15.9. The lowest BCUT2D eigenvalue weighted by molar-refractivity contribution is -0.932. The van der Waals surface area contributed by atoms with Crippen molar-refractivity contribution in [1.29, 1.82) is 0 Å². The minimum atomic E-state index is -0.330. The number of rotatable bonds is 17. The van der Waals surface area contributed by atoms with Crippen LogP contribution in [0.5, 0.6) is 0 Å². The quantitative estimate of drug-likeness (QED) is 0.116. The molecule has 0 spiro atoms. The maximum absolute atomic E-state index is 11.3. The van der Waals surface area contributed by atoms with Crippen molar-refractivity contribution in [2.45, 2.75) is 104 Å². The molecule has 0 aliphatic rings. The van der Waals surface area contributed by atoms with E-state index in [9.17, 15) is 4.79 Å². The highest BCUT2D eigenvalue weighted by Gasteiger charge is 2.25. The van der Waals surface area contributed by atoms with Crippen molar-refractivity contribution in [3.8, 4) is 0 Å². The number of quaternary nitrogens is 1. The number of unbranched alkanes of at least 4 members (excludes halogenated alkanes) is 12. The van der Waals surface area contributed by atoms with Crippen molar-refractivity contribution in [2.24, 2.45) is 0 Å². The number of hydrogen-bond donors (Lipinski definition) is 0. The average Bonchev–Trinajstić information content (AvgIpc) is 2.58. The number of carbonyl (C=O) groups is 1. The van der Waals surface area contributed by atoms with Crippen LogP contribution in [0, 0.1) is 0 Å². The lowest BCUT2D eigenvalue weighted by Crippen LogP contribution is -3.00. The first-order valence-corrected chi connectivity index (χ1v) is 10.6. The molecule has 1 unspecified atom stereocenters. The summed E-state index contributed by atoms with van der Waals surface area (Å²) in [6, 6.07) is 0. The Morgan fingerprint density at radius 2 is 1.27 bits per heavy atom. The molecule has 0 aliphatic carbocycles. The van der Waals surface area contributed by atoms with Crippen molar-refractivity contribution in [3.63, 3.8) is 0 Å². The highest BCUT2D eigenvalue weighted by Crippen LogP contribution is 2.15. The molecule has 1 atom stereocenters. The maximum Gasteiger partial charge on any atom is 0.334 e. The summed E-state index contributed by atoms with van der Waals surface area (Å²) in [5.74, 6) is -0.330. The number of esters is 1. The van der Waals surface area contributed by atoms with Gasteiger partial charge in [0.1, 0.15) is 0 Å². The number of hydrogen-bond acceptors (Lipinski definition) is 2. The van der Waals surface area contributed by atoms with Gasteiger partial charge in [-0.05, 0) is 12.8 Å². The summed E-state index contributed by atoms with van der Waals surface area (Å²) in [7, 11) is 4.25. The zero-order valence-electron chi connectivity index (χ0n) is 17.9. The van der Waals surface area contributed by atoms with E-state index < -0.39 is 0 Å². The van der Waals surface area contributed by atoms with Gasteiger partial charge in [-0.1, -0.05) is 84.1 Å². The predicted molar refractivity (Wildman–Crippen MR) is 108 cm³/mol. The molecule has 26 heavy (non-hydrogen) atoms. The van der Waals surface area contributed by atoms with Crippen molar-refractivity contribution < 1.29 is 31.0 Å². The number of nitrogens with zero attached hydrogens (tertiary/aromatic N) is 1. The zero-order valence-corrected chi connectivity index (χ0v) is 19.5. The van der Waals surface area contributed by atoms with Gasteiger partial charge in [-0.15, -0.1) is 0 Å². The predicted octanol–water partition coefficient (Wildman–Crippen LogP) is 3.23. The molecule has 0 aromatic carbocycles. The Morgan fingerprint density at radius 1 is 0.885 bits per heavy atom. The molecule has 156 valence electrons. The summed E-state index contributed by atoms with van der Waals surface area (Å²) < 4.78 is 6.06. The first-order valence-electron chi connectivity index (χ1n) is 10.6. The van der Waals surface area contributed by atoms with Crippen molar-refractivity contribution in [1.82, 2.24) is 0 Å². The van der Waals surface area contributed by atoms with Crippen molar-refractivity contribution >= 4 is 5.97 Å². The van der Waals surface area contributed by atoms with Crippen LogP contribution in [-0.4, -0.2) is 37.3 Å². The molecule has 3 nitrogen and oxygen atoms in total. The summed E-state index contributed by atoms with van der Waals surface area (Å²) in [6.07, 6.45) is 19.0. The second-order valence-corrected chi connectivity index (χ2v) is 7.99. The van der Waals surface area contributed by atoms with E-state index in [4.69, 9.17) is 4.74 Å². The van der Waals surface area contributed by atoms with Gasteiger partial charge < -0.3 is 21.7 Å². The molecule has 0 saturated carbocycles. The second-order valence-electron chi connectivity index (χ2n) is 7.99. The van der Waals surface area contributed by atoms with E-state index in [0.29, 0.717) is 0 Å². The van der Waals surface area contributed by atoms with E-state index >= 15 is 0 Å². The molecule has 0 bridgehead atoms. The molecule has 0 aromatic heterocycles. The lowest BCUT2D eigenvalue weighted by atomic mass is 10.0. The molecule has 0 rings (SSSR count). The SMILES string of the molecule is C=CC(=O)OC(C)[N+](C)(C)CCCCCCCCCCCCCCC.[Br-]. The first-order chi connectivity index (χ1) is 11.9. The van der Waals surface area contributed by atoms with Gasteiger partial charge in [-0.2, -0.15) is 0 Å². The first kappa shape index (κ1) is 27.9. The number of carbonyl (C=O) groups excluding carboxylic acids is 1. The standard InChI is InChI=1S/C22H44NO2.BrH/c1-6-8-9-10-11-12-13-14-15-16-17-18-19-20-23(4,5)21(3)25-22(24)7-2;/h7,21H,2,6,8-20H2,1,3-5H3;1H/q+1;/p-1. The van der Waals surface area contributed by atoms with Gasteiger partial charge in [0.05, 0.1) is 20.6 Å². The van der Waals surface area contributed by atoms with Gasteiger partial charge in [0.15, 0.2) is 0 Å². The van der Waals surface area contributed by atoms with Gasteiger partial charge in [-0.25, -0.2) is 4.79 Å². The highest BCUT2D eigenvalue weighted by atomic mass is 79.9. The molecule has 4 heteroatoms. The molecule has 0 aliphatic heterocycles. The Morgan fingerprint density at radius 3 is 1.65 bits per heavy atom. The Bertz CT molecular complexity index is 345. The summed E-state index contributed by atoms with van der Waals surface area (Å²) in [4.78, 5) is 11.3. The average molecular weight is 435 g/mol. The number of halogens is 1. The van der Waals surface area contributed by atoms with Crippen molar-refractivity contribution in [3.05, 3.63) is 12.7 Å². The maximum atomic E-state index is 11.3. The monoisotopic (exact) mass is 433 g/mol. The Labute approximate surface area is 173 Å². The Hall–Kier alpha value is -0.350. The minimum absolute atomic E-state index is 0. The van der Waals surface area contributed by atoms with E-state index in [1.54, 1.807) is 0 Å². The van der Waals surface area contributed by atoms with Crippen LogP contribution in [0.1, 0.15) is 97.3 Å². The summed E-state index contributed by atoms with van der Waals surface area (Å²) in [5.41, 5.74) is 0. The fourth-order valence-corrected chi connectivity index (χ4v) is 3.08. The van der Waals surface area contributed by atoms with Crippen LogP contribution < -0.4 is 17.0 Å². The van der Waals surface area contributed by atoms with Gasteiger partial charge in [-0.3, -0.25) is 4.48 Å². The molecular formula is C22H44BrNO2. The molecule has 0 saturated heterocycles. The summed E-state index contributed by atoms with van der Waals surface area (Å²) in [6.45, 7) is 8.74. The summed E-state index contributed by atoms with van der Waals surface area (Å²) in [5, 5.41) is 0. The van der Waals surface area contributed by atoms with Crippen LogP contribution in [0.15, 0.2) is 12.7 Å². The Kier molecular flexibility index (Phi) is 19.3. The van der Waals surface area contributed by atoms with E-state index in [0.717, 1.165) is 11.0 Å². The van der Waals surface area contributed by atoms with Crippen LogP contribution in [0.25, 0.3) is 0 Å². The fraction of sp³-hybridized carbons (Fsp3) is 0.864. The lowest BCUT2D eigenvalue weighted by Gasteiger charge is -2.34. The molecule has 0 amide bonds. The molecule has 0 N–H and O–H groups in total. The van der Waals surface area contributed by atoms with E-state index in [2.05, 4.69) is 27.6 Å². The third-order valence-electron chi connectivity index (χ3n) is 5.28. The van der Waals surface area contributed by atoms with Crippen LogP contribution >= 0.6 is 0 Å². The second kappa shape index (κ2) is 18.0. The topological polar surface area (TPSA) is 26.3 Å². The van der Waals surface area contributed by atoms with Gasteiger partial charge in [0, 0.05) is 13.0 Å². The normalized spacial score (nSPS) is 12.3. The molecule has 0 radical (unpaired) electrons. The van der Waals surface area contributed by atoms with E-state index in [1.807, 2.05) is 6.92 Å². The van der Waals surface area contributed by atoms with Crippen LogP contribution in [0.3, 0.4) is 0 Å². The van der Waals surface area contributed by atoms with E-state index in [1.165, 1.54) is 89.5 Å². The van der Waals surface area contributed by atoms with Crippen molar-refractivity contribution in [2.75, 3.05) is 20.6 Å². The smallest absolute Gasteiger partial charge is 0.334 e. The fourth-order valence-electron chi connectivity index (χ4n) is 3.08.